The fourth-order valence-corrected chi connectivity index (χ4v) is 3.20. The van der Waals surface area contributed by atoms with Gasteiger partial charge in [-0.3, -0.25) is 0 Å². The van der Waals surface area contributed by atoms with E-state index in [1.807, 2.05) is 0 Å². The highest BCUT2D eigenvalue weighted by Crippen LogP contribution is 2.29. The summed E-state index contributed by atoms with van der Waals surface area (Å²) in [5.74, 6) is -0.878. The summed E-state index contributed by atoms with van der Waals surface area (Å²) in [6, 6.07) is 0.519. The molecule has 0 radical (unpaired) electrons. The van der Waals surface area contributed by atoms with Crippen LogP contribution in [0.1, 0.15) is 48.7 Å². The largest absolute Gasteiger partial charge is 0.477 e. The Bertz CT molecular complexity index is 392. The summed E-state index contributed by atoms with van der Waals surface area (Å²) in [5.41, 5.74) is 0. The normalized spacial score (nSPS) is 21.2. The molecule has 2 heterocycles. The summed E-state index contributed by atoms with van der Waals surface area (Å²) in [6.07, 6.45) is 7.48. The number of rotatable bonds is 3. The van der Waals surface area contributed by atoms with Crippen LogP contribution in [-0.4, -0.2) is 28.6 Å². The van der Waals surface area contributed by atoms with Crippen LogP contribution < -0.4 is 4.90 Å². The van der Waals surface area contributed by atoms with Crippen LogP contribution >= 0.6 is 11.3 Å². The van der Waals surface area contributed by atoms with Gasteiger partial charge in [-0.2, -0.15) is 0 Å². The third-order valence-electron chi connectivity index (χ3n) is 3.30. The van der Waals surface area contributed by atoms with Gasteiger partial charge in [0.15, 0.2) is 5.13 Å². The van der Waals surface area contributed by atoms with Crippen LogP contribution in [0.4, 0.5) is 5.13 Å². The van der Waals surface area contributed by atoms with Gasteiger partial charge in [0.1, 0.15) is 4.88 Å². The summed E-state index contributed by atoms with van der Waals surface area (Å²) in [5, 5.41) is 9.80. The average Bonchev–Trinajstić information content (AvgIpc) is 2.68. The average molecular weight is 254 g/mol. The van der Waals surface area contributed by atoms with E-state index in [0.29, 0.717) is 10.9 Å². The lowest BCUT2D eigenvalue weighted by molar-refractivity contribution is 0.0702. The van der Waals surface area contributed by atoms with Gasteiger partial charge in [-0.15, -0.1) is 0 Å². The molecule has 0 amide bonds. The van der Waals surface area contributed by atoms with Crippen molar-refractivity contribution >= 4 is 22.4 Å². The first-order chi connectivity index (χ1) is 8.22. The van der Waals surface area contributed by atoms with E-state index in [1.54, 1.807) is 0 Å². The summed E-state index contributed by atoms with van der Waals surface area (Å²) in [4.78, 5) is 17.8. The smallest absolute Gasteiger partial charge is 0.347 e. The van der Waals surface area contributed by atoms with Gasteiger partial charge in [-0.25, -0.2) is 9.78 Å². The third-order valence-corrected chi connectivity index (χ3v) is 4.32. The quantitative estimate of drug-likeness (QED) is 0.901. The Hall–Kier alpha value is -1.10. The minimum absolute atomic E-state index is 0.333. The van der Waals surface area contributed by atoms with Crippen molar-refractivity contribution in [3.63, 3.8) is 0 Å². The van der Waals surface area contributed by atoms with Crippen LogP contribution in [0.15, 0.2) is 6.20 Å². The molecule has 1 atom stereocenters. The van der Waals surface area contributed by atoms with E-state index in [4.69, 9.17) is 5.11 Å². The molecule has 2 rings (SSSR count). The molecule has 1 fully saturated rings. The van der Waals surface area contributed by atoms with Crippen LogP contribution in [-0.2, 0) is 0 Å². The van der Waals surface area contributed by atoms with Crippen molar-refractivity contribution < 1.29 is 9.90 Å². The Morgan fingerprint density at radius 1 is 1.59 bits per heavy atom. The number of aromatic nitrogens is 1. The first kappa shape index (κ1) is 12.4. The first-order valence-corrected chi connectivity index (χ1v) is 6.99. The van der Waals surface area contributed by atoms with E-state index in [2.05, 4.69) is 16.8 Å². The number of aromatic carboxylic acids is 1. The van der Waals surface area contributed by atoms with Crippen molar-refractivity contribution in [1.82, 2.24) is 4.98 Å². The van der Waals surface area contributed by atoms with Gasteiger partial charge in [0, 0.05) is 12.6 Å². The Morgan fingerprint density at radius 2 is 2.41 bits per heavy atom. The van der Waals surface area contributed by atoms with Crippen molar-refractivity contribution in [2.45, 2.75) is 45.1 Å². The molecule has 1 aromatic rings. The van der Waals surface area contributed by atoms with Gasteiger partial charge in [0.2, 0.25) is 0 Å². The second kappa shape index (κ2) is 5.49. The summed E-state index contributed by atoms with van der Waals surface area (Å²) in [6.45, 7) is 3.19. The monoisotopic (exact) mass is 254 g/mol. The van der Waals surface area contributed by atoms with Gasteiger partial charge in [0.25, 0.3) is 0 Å². The highest BCUT2D eigenvalue weighted by molar-refractivity contribution is 7.17. The molecule has 1 N–H and O–H groups in total. The van der Waals surface area contributed by atoms with Gasteiger partial charge in [0.05, 0.1) is 6.20 Å². The zero-order valence-electron chi connectivity index (χ0n) is 10.1. The van der Waals surface area contributed by atoms with Crippen LogP contribution in [0.5, 0.6) is 0 Å². The maximum absolute atomic E-state index is 10.9. The van der Waals surface area contributed by atoms with Gasteiger partial charge < -0.3 is 10.0 Å². The van der Waals surface area contributed by atoms with E-state index >= 15 is 0 Å². The Kier molecular flexibility index (Phi) is 3.99. The summed E-state index contributed by atoms with van der Waals surface area (Å²) in [7, 11) is 0. The molecule has 1 saturated heterocycles. The number of hydrogen-bond acceptors (Lipinski definition) is 4. The molecule has 1 aliphatic heterocycles. The van der Waals surface area contributed by atoms with E-state index in [1.165, 1.54) is 43.2 Å². The van der Waals surface area contributed by atoms with E-state index in [-0.39, 0.29) is 0 Å². The molecule has 0 spiro atoms. The molecular formula is C12H18N2O2S. The number of carbonyl (C=O) groups is 1. The Balaban J connectivity index is 2.19. The molecule has 1 unspecified atom stereocenters. The van der Waals surface area contributed by atoms with Crippen molar-refractivity contribution in [2.75, 3.05) is 11.4 Å². The van der Waals surface area contributed by atoms with Gasteiger partial charge >= 0.3 is 5.97 Å². The van der Waals surface area contributed by atoms with Crippen LogP contribution in [0.3, 0.4) is 0 Å². The Morgan fingerprint density at radius 3 is 3.06 bits per heavy atom. The Labute approximate surface area is 105 Å². The van der Waals surface area contributed by atoms with Gasteiger partial charge in [-0.1, -0.05) is 31.1 Å². The third kappa shape index (κ3) is 2.77. The zero-order valence-corrected chi connectivity index (χ0v) is 10.9. The van der Waals surface area contributed by atoms with E-state index in [9.17, 15) is 4.79 Å². The molecule has 0 bridgehead atoms. The lowest BCUT2D eigenvalue weighted by atomic mass is 10.1. The molecule has 17 heavy (non-hydrogen) atoms. The van der Waals surface area contributed by atoms with Crippen molar-refractivity contribution in [2.24, 2.45) is 0 Å². The number of hydrogen-bond donors (Lipinski definition) is 1. The first-order valence-electron chi connectivity index (χ1n) is 6.18. The highest BCUT2D eigenvalue weighted by atomic mass is 32.1. The summed E-state index contributed by atoms with van der Waals surface area (Å²) < 4.78 is 0. The van der Waals surface area contributed by atoms with E-state index < -0.39 is 5.97 Å². The maximum atomic E-state index is 10.9. The second-order valence-electron chi connectivity index (χ2n) is 4.42. The fourth-order valence-electron chi connectivity index (χ4n) is 2.35. The van der Waals surface area contributed by atoms with Crippen molar-refractivity contribution in [3.8, 4) is 0 Å². The molecular weight excluding hydrogens is 236 g/mol. The predicted octanol–water partition coefficient (Wildman–Crippen LogP) is 3.00. The molecule has 1 aromatic heterocycles. The SMILES string of the molecule is CCC1CCCCCN1c1ncc(C(=O)O)s1. The van der Waals surface area contributed by atoms with Crippen LogP contribution in [0.25, 0.3) is 0 Å². The molecule has 94 valence electrons. The topological polar surface area (TPSA) is 53.4 Å². The minimum Gasteiger partial charge on any atom is -0.477 e. The lowest BCUT2D eigenvalue weighted by Crippen LogP contribution is -2.34. The fraction of sp³-hybridized carbons (Fsp3) is 0.667. The molecule has 1 aliphatic rings. The second-order valence-corrected chi connectivity index (χ2v) is 5.43. The standard InChI is InChI=1S/C12H18N2O2S/c1-2-9-6-4-3-5-7-14(9)12-13-8-10(17-12)11(15)16/h8-9H,2-7H2,1H3,(H,15,16). The van der Waals surface area contributed by atoms with Gasteiger partial charge in [-0.05, 0) is 19.3 Å². The number of thiazole rings is 1. The minimum atomic E-state index is -0.878. The molecule has 0 saturated carbocycles. The maximum Gasteiger partial charge on any atom is 0.347 e. The van der Waals surface area contributed by atoms with Crippen LogP contribution in [0, 0.1) is 0 Å². The molecule has 0 aromatic carbocycles. The molecule has 0 aliphatic carbocycles. The zero-order chi connectivity index (χ0) is 12.3. The van der Waals surface area contributed by atoms with Crippen molar-refractivity contribution in [3.05, 3.63) is 11.1 Å². The number of nitrogens with zero attached hydrogens (tertiary/aromatic N) is 2. The van der Waals surface area contributed by atoms with Crippen LogP contribution in [0.2, 0.25) is 0 Å². The number of carboxylic acid groups (broad SMARTS) is 1. The molecule has 4 nitrogen and oxygen atoms in total. The molecule has 5 heteroatoms. The number of anilines is 1. The number of carboxylic acids is 1. The van der Waals surface area contributed by atoms with E-state index in [0.717, 1.165) is 18.1 Å². The lowest BCUT2D eigenvalue weighted by Gasteiger charge is -2.28. The predicted molar refractivity (Wildman–Crippen MR) is 69.0 cm³/mol. The van der Waals surface area contributed by atoms with Crippen molar-refractivity contribution in [1.29, 1.82) is 0 Å². The summed E-state index contributed by atoms with van der Waals surface area (Å²) >= 11 is 1.29. The highest BCUT2D eigenvalue weighted by Gasteiger charge is 2.22.